The average molecular weight is 303 g/mol. The largest absolute Gasteiger partial charge is 0.351 e. The molecule has 0 aliphatic heterocycles. The molecular formula is C14H23ClN2OS. The van der Waals surface area contributed by atoms with Crippen molar-refractivity contribution in [2.45, 2.75) is 31.2 Å². The molecule has 0 saturated carbocycles. The van der Waals surface area contributed by atoms with Crippen molar-refractivity contribution in [3.05, 3.63) is 30.3 Å². The van der Waals surface area contributed by atoms with E-state index in [1.165, 1.54) is 0 Å². The monoisotopic (exact) mass is 302 g/mol. The smallest absolute Gasteiger partial charge is 0.230 e. The van der Waals surface area contributed by atoms with Crippen molar-refractivity contribution in [1.82, 2.24) is 5.32 Å². The third-order valence-corrected chi connectivity index (χ3v) is 3.53. The third kappa shape index (κ3) is 8.14. The van der Waals surface area contributed by atoms with Crippen LogP contribution < -0.4 is 11.1 Å². The Morgan fingerprint density at radius 2 is 1.95 bits per heavy atom. The van der Waals surface area contributed by atoms with Crippen LogP contribution >= 0.6 is 24.2 Å². The van der Waals surface area contributed by atoms with Crippen LogP contribution in [0.3, 0.4) is 0 Å². The molecule has 3 N–H and O–H groups in total. The van der Waals surface area contributed by atoms with E-state index in [1.807, 2.05) is 30.3 Å². The minimum Gasteiger partial charge on any atom is -0.351 e. The quantitative estimate of drug-likeness (QED) is 0.761. The minimum absolute atomic E-state index is 0. The second-order valence-electron chi connectivity index (χ2n) is 4.73. The molecule has 0 saturated heterocycles. The SMILES string of the molecule is CC(C)CC(CN)NC(=O)CSc1ccccc1.Cl. The first kappa shape index (κ1) is 18.3. The molecule has 0 radical (unpaired) electrons. The van der Waals surface area contributed by atoms with Gasteiger partial charge in [0.2, 0.25) is 5.91 Å². The highest BCUT2D eigenvalue weighted by Crippen LogP contribution is 2.16. The topological polar surface area (TPSA) is 55.1 Å². The lowest BCUT2D eigenvalue weighted by molar-refractivity contribution is -0.119. The van der Waals surface area contributed by atoms with Crippen molar-refractivity contribution in [2.24, 2.45) is 11.7 Å². The van der Waals surface area contributed by atoms with Crippen LogP contribution in [0.2, 0.25) is 0 Å². The van der Waals surface area contributed by atoms with Crippen LogP contribution in [0.5, 0.6) is 0 Å². The summed E-state index contributed by atoms with van der Waals surface area (Å²) in [6.07, 6.45) is 0.929. The molecule has 0 spiro atoms. The summed E-state index contributed by atoms with van der Waals surface area (Å²) in [5, 5.41) is 2.98. The Bertz CT molecular complexity index is 360. The summed E-state index contributed by atoms with van der Waals surface area (Å²) in [4.78, 5) is 12.9. The van der Waals surface area contributed by atoms with Gasteiger partial charge >= 0.3 is 0 Å². The van der Waals surface area contributed by atoms with Gasteiger partial charge in [0.15, 0.2) is 0 Å². The van der Waals surface area contributed by atoms with E-state index in [9.17, 15) is 4.79 Å². The molecule has 1 atom stereocenters. The van der Waals surface area contributed by atoms with Crippen LogP contribution in [0.25, 0.3) is 0 Å². The molecule has 1 amide bonds. The van der Waals surface area contributed by atoms with E-state index in [0.717, 1.165) is 11.3 Å². The first-order valence-electron chi connectivity index (χ1n) is 6.29. The van der Waals surface area contributed by atoms with Crippen molar-refractivity contribution in [1.29, 1.82) is 0 Å². The Hall–Kier alpha value is -0.710. The minimum atomic E-state index is 0. The van der Waals surface area contributed by atoms with Gasteiger partial charge in [-0.2, -0.15) is 0 Å². The van der Waals surface area contributed by atoms with Crippen molar-refractivity contribution in [3.8, 4) is 0 Å². The highest BCUT2D eigenvalue weighted by molar-refractivity contribution is 8.00. The Morgan fingerprint density at radius 3 is 2.47 bits per heavy atom. The van der Waals surface area contributed by atoms with Gasteiger partial charge in [-0.05, 0) is 24.5 Å². The van der Waals surface area contributed by atoms with Crippen LogP contribution in [0.4, 0.5) is 0 Å². The van der Waals surface area contributed by atoms with Crippen molar-refractivity contribution in [3.63, 3.8) is 0 Å². The number of nitrogens with two attached hydrogens (primary N) is 1. The van der Waals surface area contributed by atoms with Crippen molar-refractivity contribution < 1.29 is 4.79 Å². The Balaban J connectivity index is 0.00000324. The average Bonchev–Trinajstić information content (AvgIpc) is 2.36. The zero-order chi connectivity index (χ0) is 13.4. The summed E-state index contributed by atoms with van der Waals surface area (Å²) in [5.74, 6) is 1.04. The highest BCUT2D eigenvalue weighted by atomic mass is 35.5. The molecule has 1 aromatic carbocycles. The lowest BCUT2D eigenvalue weighted by Gasteiger charge is -2.18. The number of hydrogen-bond acceptors (Lipinski definition) is 3. The van der Waals surface area contributed by atoms with Gasteiger partial charge in [-0.3, -0.25) is 4.79 Å². The molecule has 1 unspecified atom stereocenters. The molecule has 3 nitrogen and oxygen atoms in total. The highest BCUT2D eigenvalue weighted by Gasteiger charge is 2.12. The van der Waals surface area contributed by atoms with Gasteiger partial charge < -0.3 is 11.1 Å². The van der Waals surface area contributed by atoms with Gasteiger partial charge in [-0.1, -0.05) is 32.0 Å². The number of rotatable bonds is 7. The molecule has 5 heteroatoms. The normalized spacial score (nSPS) is 11.8. The molecule has 0 aliphatic carbocycles. The summed E-state index contributed by atoms with van der Waals surface area (Å²) in [5.41, 5.74) is 5.66. The van der Waals surface area contributed by atoms with Gasteiger partial charge in [0.1, 0.15) is 0 Å². The molecular weight excluding hydrogens is 280 g/mol. The second-order valence-corrected chi connectivity index (χ2v) is 5.78. The van der Waals surface area contributed by atoms with Crippen LogP contribution in [-0.4, -0.2) is 24.2 Å². The molecule has 0 fully saturated rings. The number of carbonyl (C=O) groups excluding carboxylic acids is 1. The van der Waals surface area contributed by atoms with Gasteiger partial charge in [0, 0.05) is 17.5 Å². The molecule has 1 rings (SSSR count). The fourth-order valence-electron chi connectivity index (χ4n) is 1.72. The molecule has 0 heterocycles. The van der Waals surface area contributed by atoms with E-state index in [-0.39, 0.29) is 24.4 Å². The van der Waals surface area contributed by atoms with E-state index in [0.29, 0.717) is 18.2 Å². The summed E-state index contributed by atoms with van der Waals surface area (Å²) >= 11 is 1.55. The van der Waals surface area contributed by atoms with E-state index in [4.69, 9.17) is 5.73 Å². The van der Waals surface area contributed by atoms with Crippen molar-refractivity contribution in [2.75, 3.05) is 12.3 Å². The maximum atomic E-state index is 11.8. The Kier molecular flexibility index (Phi) is 9.74. The fraction of sp³-hybridized carbons (Fsp3) is 0.500. The van der Waals surface area contributed by atoms with E-state index in [1.54, 1.807) is 11.8 Å². The number of benzene rings is 1. The zero-order valence-corrected chi connectivity index (χ0v) is 13.1. The van der Waals surface area contributed by atoms with Gasteiger partial charge in [0.05, 0.1) is 5.75 Å². The molecule has 108 valence electrons. The predicted octanol–water partition coefficient (Wildman–Crippen LogP) is 2.69. The fourth-order valence-corrected chi connectivity index (χ4v) is 2.45. The van der Waals surface area contributed by atoms with Crippen LogP contribution in [-0.2, 0) is 4.79 Å². The Labute approximate surface area is 126 Å². The van der Waals surface area contributed by atoms with Gasteiger partial charge in [-0.15, -0.1) is 24.2 Å². The number of hydrogen-bond donors (Lipinski definition) is 2. The van der Waals surface area contributed by atoms with Crippen LogP contribution in [0.1, 0.15) is 20.3 Å². The van der Waals surface area contributed by atoms with Crippen molar-refractivity contribution >= 4 is 30.1 Å². The summed E-state index contributed by atoms with van der Waals surface area (Å²) in [6, 6.07) is 10.0. The van der Waals surface area contributed by atoms with Gasteiger partial charge in [0.25, 0.3) is 0 Å². The van der Waals surface area contributed by atoms with E-state index < -0.39 is 0 Å². The first-order chi connectivity index (χ1) is 8.61. The molecule has 19 heavy (non-hydrogen) atoms. The number of nitrogens with one attached hydrogen (secondary N) is 1. The molecule has 0 bridgehead atoms. The summed E-state index contributed by atoms with van der Waals surface area (Å²) in [7, 11) is 0. The second kappa shape index (κ2) is 10.1. The molecule has 0 aromatic heterocycles. The number of thioether (sulfide) groups is 1. The summed E-state index contributed by atoms with van der Waals surface area (Å²) < 4.78 is 0. The lowest BCUT2D eigenvalue weighted by Crippen LogP contribution is -2.41. The van der Waals surface area contributed by atoms with Crippen LogP contribution in [0.15, 0.2) is 35.2 Å². The lowest BCUT2D eigenvalue weighted by atomic mass is 10.0. The Morgan fingerprint density at radius 1 is 1.32 bits per heavy atom. The molecule has 1 aromatic rings. The third-order valence-electron chi connectivity index (χ3n) is 2.52. The standard InChI is InChI=1S/C14H22N2OS.ClH/c1-11(2)8-12(9-15)16-14(17)10-18-13-6-4-3-5-7-13;/h3-7,11-12H,8-10,15H2,1-2H3,(H,16,17);1H. The number of carbonyl (C=O) groups is 1. The first-order valence-corrected chi connectivity index (χ1v) is 7.27. The van der Waals surface area contributed by atoms with E-state index >= 15 is 0 Å². The molecule has 0 aliphatic rings. The number of amides is 1. The predicted molar refractivity (Wildman–Crippen MR) is 84.9 cm³/mol. The maximum absolute atomic E-state index is 11.8. The summed E-state index contributed by atoms with van der Waals surface area (Å²) in [6.45, 7) is 4.76. The maximum Gasteiger partial charge on any atom is 0.230 e. The number of halogens is 1. The van der Waals surface area contributed by atoms with Gasteiger partial charge in [-0.25, -0.2) is 0 Å². The van der Waals surface area contributed by atoms with E-state index in [2.05, 4.69) is 19.2 Å². The van der Waals surface area contributed by atoms with Crippen LogP contribution in [0, 0.1) is 5.92 Å². The zero-order valence-electron chi connectivity index (χ0n) is 11.5.